The molecular formula is C15H26N4. The van der Waals surface area contributed by atoms with E-state index in [1.54, 1.807) is 6.92 Å². The highest BCUT2D eigenvalue weighted by atomic mass is 15.1. The summed E-state index contributed by atoms with van der Waals surface area (Å²) in [6.07, 6.45) is 1.47. The topological polar surface area (TPSA) is 72.3 Å². The second-order valence-corrected chi connectivity index (χ2v) is 6.65. The maximum absolute atomic E-state index is 9.25. The van der Waals surface area contributed by atoms with Crippen LogP contribution in [0.1, 0.15) is 54.4 Å². The molecule has 1 unspecified atom stereocenters. The fourth-order valence-electron chi connectivity index (χ4n) is 2.30. The van der Waals surface area contributed by atoms with E-state index in [0.29, 0.717) is 24.8 Å². The lowest BCUT2D eigenvalue weighted by atomic mass is 9.83. The predicted octanol–water partition coefficient (Wildman–Crippen LogP) is 4.34. The Hall–Kier alpha value is -1.42. The molecule has 0 N–H and O–H groups in total. The molecule has 0 aromatic heterocycles. The molecule has 0 fully saturated rings. The van der Waals surface area contributed by atoms with Crippen LogP contribution in [0.15, 0.2) is 10.2 Å². The van der Waals surface area contributed by atoms with Gasteiger partial charge < -0.3 is 0 Å². The first-order valence-corrected chi connectivity index (χ1v) is 6.87. The van der Waals surface area contributed by atoms with Crippen LogP contribution in [0.3, 0.4) is 0 Å². The van der Waals surface area contributed by atoms with Crippen LogP contribution in [0.4, 0.5) is 0 Å². The van der Waals surface area contributed by atoms with E-state index < -0.39 is 11.0 Å². The number of rotatable bonds is 7. The largest absolute Gasteiger partial charge is 0.198 e. The molecular weight excluding hydrogens is 236 g/mol. The molecule has 0 aliphatic carbocycles. The second kappa shape index (κ2) is 7.24. The highest BCUT2D eigenvalue weighted by Gasteiger charge is 2.27. The molecule has 0 saturated heterocycles. The van der Waals surface area contributed by atoms with E-state index in [2.05, 4.69) is 50.1 Å². The Kier molecular flexibility index (Phi) is 6.70. The molecule has 0 bridgehead atoms. The summed E-state index contributed by atoms with van der Waals surface area (Å²) in [5.41, 5.74) is -1.27. The number of nitriles is 2. The monoisotopic (exact) mass is 262 g/mol. The fraction of sp³-hybridized carbons (Fsp3) is 0.867. The highest BCUT2D eigenvalue weighted by molar-refractivity contribution is 5.04. The molecule has 0 aliphatic heterocycles. The predicted molar refractivity (Wildman–Crippen MR) is 76.4 cm³/mol. The van der Waals surface area contributed by atoms with Crippen LogP contribution >= 0.6 is 0 Å². The lowest BCUT2D eigenvalue weighted by Crippen LogP contribution is -2.23. The third-order valence-corrected chi connectivity index (χ3v) is 2.89. The van der Waals surface area contributed by atoms with Crippen LogP contribution in [-0.2, 0) is 0 Å². The zero-order valence-corrected chi connectivity index (χ0v) is 13.1. The van der Waals surface area contributed by atoms with Crippen molar-refractivity contribution in [1.82, 2.24) is 0 Å². The van der Waals surface area contributed by atoms with Gasteiger partial charge in [-0.15, -0.1) is 0 Å². The van der Waals surface area contributed by atoms with Gasteiger partial charge in [-0.25, -0.2) is 0 Å². The molecule has 0 radical (unpaired) electrons. The molecule has 4 heteroatoms. The van der Waals surface area contributed by atoms with Crippen molar-refractivity contribution < 1.29 is 0 Å². The summed E-state index contributed by atoms with van der Waals surface area (Å²) in [4.78, 5) is 0. The maximum atomic E-state index is 9.25. The minimum Gasteiger partial charge on any atom is -0.198 e. The summed E-state index contributed by atoms with van der Waals surface area (Å²) in [6, 6.07) is 4.53. The van der Waals surface area contributed by atoms with E-state index in [4.69, 9.17) is 0 Å². The molecule has 0 spiro atoms. The molecule has 4 nitrogen and oxygen atoms in total. The fourth-order valence-corrected chi connectivity index (χ4v) is 2.30. The van der Waals surface area contributed by atoms with Gasteiger partial charge in [0.2, 0.25) is 0 Å². The Morgan fingerprint density at radius 2 is 1.47 bits per heavy atom. The zero-order valence-electron chi connectivity index (χ0n) is 13.1. The van der Waals surface area contributed by atoms with Crippen molar-refractivity contribution in [1.29, 1.82) is 10.5 Å². The molecule has 0 aromatic carbocycles. The maximum Gasteiger partial charge on any atom is 0.164 e. The standard InChI is InChI=1S/C15H26N4/c1-12(2)7-14(5,9-16)11-18-19-15(6,10-17)8-13(3)4/h12-13H,7-8,11H2,1-6H3/t14-,15?/m0/s1. The van der Waals surface area contributed by atoms with Gasteiger partial charge in [0.05, 0.1) is 24.1 Å². The van der Waals surface area contributed by atoms with Crippen molar-refractivity contribution >= 4 is 0 Å². The molecule has 0 aromatic rings. The van der Waals surface area contributed by atoms with Gasteiger partial charge in [0.25, 0.3) is 0 Å². The number of hydrogen-bond acceptors (Lipinski definition) is 4. The van der Waals surface area contributed by atoms with Crippen LogP contribution in [0.2, 0.25) is 0 Å². The highest BCUT2D eigenvalue weighted by Crippen LogP contribution is 2.27. The Bertz CT molecular complexity index is 386. The van der Waals surface area contributed by atoms with E-state index in [1.807, 2.05) is 6.92 Å². The van der Waals surface area contributed by atoms with E-state index in [9.17, 15) is 10.5 Å². The molecule has 0 aliphatic rings. The van der Waals surface area contributed by atoms with Gasteiger partial charge in [-0.2, -0.15) is 20.8 Å². The van der Waals surface area contributed by atoms with E-state index in [-0.39, 0.29) is 0 Å². The number of hydrogen-bond donors (Lipinski definition) is 0. The van der Waals surface area contributed by atoms with Gasteiger partial charge in [0, 0.05) is 0 Å². The number of nitrogens with zero attached hydrogens (tertiary/aromatic N) is 4. The first-order chi connectivity index (χ1) is 8.66. The van der Waals surface area contributed by atoms with Crippen LogP contribution in [0.5, 0.6) is 0 Å². The summed E-state index contributed by atoms with van der Waals surface area (Å²) in [6.45, 7) is 12.3. The molecule has 106 valence electrons. The Morgan fingerprint density at radius 3 is 1.84 bits per heavy atom. The van der Waals surface area contributed by atoms with Crippen molar-refractivity contribution in [2.75, 3.05) is 6.54 Å². The van der Waals surface area contributed by atoms with Gasteiger partial charge in [-0.05, 0) is 38.5 Å². The first kappa shape index (κ1) is 17.6. The minimum absolute atomic E-state index is 0.358. The minimum atomic E-state index is -0.775. The van der Waals surface area contributed by atoms with Crippen molar-refractivity contribution in [3.8, 4) is 12.1 Å². The molecule has 0 saturated carbocycles. The molecule has 0 rings (SSSR count). The quantitative estimate of drug-likeness (QED) is 0.640. The second-order valence-electron chi connectivity index (χ2n) is 6.65. The summed E-state index contributed by atoms with van der Waals surface area (Å²) in [5.74, 6) is 0.833. The summed E-state index contributed by atoms with van der Waals surface area (Å²) in [7, 11) is 0. The average Bonchev–Trinajstić information content (AvgIpc) is 2.27. The SMILES string of the molecule is CC(C)CC(C)(C#N)N=NC[C@](C)(C#N)CC(C)C. The van der Waals surface area contributed by atoms with Gasteiger partial charge in [-0.3, -0.25) is 0 Å². The van der Waals surface area contributed by atoms with Crippen molar-refractivity contribution in [2.24, 2.45) is 27.5 Å². The first-order valence-electron chi connectivity index (χ1n) is 6.87. The molecule has 19 heavy (non-hydrogen) atoms. The summed E-state index contributed by atoms with van der Waals surface area (Å²) < 4.78 is 0. The average molecular weight is 262 g/mol. The van der Waals surface area contributed by atoms with E-state index in [1.165, 1.54) is 0 Å². The lowest BCUT2D eigenvalue weighted by molar-refractivity contribution is 0.341. The lowest BCUT2D eigenvalue weighted by Gasteiger charge is -2.22. The van der Waals surface area contributed by atoms with Crippen molar-refractivity contribution in [3.05, 3.63) is 0 Å². The third-order valence-electron chi connectivity index (χ3n) is 2.89. The Morgan fingerprint density at radius 1 is 0.947 bits per heavy atom. The summed E-state index contributed by atoms with van der Waals surface area (Å²) >= 11 is 0. The van der Waals surface area contributed by atoms with Gasteiger partial charge in [-0.1, -0.05) is 27.7 Å². The van der Waals surface area contributed by atoms with E-state index in [0.717, 1.165) is 6.42 Å². The van der Waals surface area contributed by atoms with E-state index >= 15 is 0 Å². The molecule has 2 atom stereocenters. The van der Waals surface area contributed by atoms with Crippen molar-refractivity contribution in [2.45, 2.75) is 59.9 Å². The van der Waals surface area contributed by atoms with Crippen LogP contribution < -0.4 is 0 Å². The number of azo groups is 1. The Labute approximate surface area is 117 Å². The zero-order chi connectivity index (χ0) is 15.1. The molecule has 0 amide bonds. The van der Waals surface area contributed by atoms with Crippen LogP contribution in [0, 0.1) is 39.9 Å². The van der Waals surface area contributed by atoms with Gasteiger partial charge in [0.1, 0.15) is 0 Å². The van der Waals surface area contributed by atoms with Gasteiger partial charge >= 0.3 is 0 Å². The van der Waals surface area contributed by atoms with Crippen molar-refractivity contribution in [3.63, 3.8) is 0 Å². The van der Waals surface area contributed by atoms with Gasteiger partial charge in [0.15, 0.2) is 5.54 Å². The third kappa shape index (κ3) is 6.91. The van der Waals surface area contributed by atoms with Crippen LogP contribution in [-0.4, -0.2) is 12.1 Å². The smallest absolute Gasteiger partial charge is 0.164 e. The normalized spacial score (nSPS) is 18.0. The summed E-state index contributed by atoms with van der Waals surface area (Å²) in [5, 5.41) is 26.8. The van der Waals surface area contributed by atoms with Crippen LogP contribution in [0.25, 0.3) is 0 Å². The molecule has 0 heterocycles. The Balaban J connectivity index is 4.72.